The maximum atomic E-state index is 12.0. The molecule has 0 aliphatic heterocycles. The molecule has 1 aromatic rings. The van der Waals surface area contributed by atoms with E-state index in [1.54, 1.807) is 18.2 Å². The molecular formula is C10H11BrF2O3. The van der Waals surface area contributed by atoms with Crippen molar-refractivity contribution in [1.29, 1.82) is 0 Å². The molecule has 1 aromatic carbocycles. The molecule has 0 aliphatic carbocycles. The molecule has 0 fully saturated rings. The van der Waals surface area contributed by atoms with Gasteiger partial charge in [0.15, 0.2) is 18.3 Å². The Balaban J connectivity index is 2.72. The highest BCUT2D eigenvalue weighted by Crippen LogP contribution is 2.30. The van der Waals surface area contributed by atoms with Crippen molar-refractivity contribution in [2.75, 3.05) is 20.5 Å². The zero-order valence-electron chi connectivity index (χ0n) is 8.58. The van der Waals surface area contributed by atoms with Gasteiger partial charge in [-0.25, -0.2) is 8.78 Å². The zero-order valence-corrected chi connectivity index (χ0v) is 10.2. The molecule has 3 nitrogen and oxygen atoms in total. The Hall–Kier alpha value is -0.880. The smallest absolute Gasteiger partial charge is 0.272 e. The third-order valence-corrected chi connectivity index (χ3v) is 2.10. The van der Waals surface area contributed by atoms with Gasteiger partial charge in [0.2, 0.25) is 0 Å². The van der Waals surface area contributed by atoms with Gasteiger partial charge in [-0.1, -0.05) is 15.9 Å². The molecule has 0 saturated carbocycles. The molecular weight excluding hydrogens is 286 g/mol. The van der Waals surface area contributed by atoms with Crippen LogP contribution < -0.4 is 9.47 Å². The first-order chi connectivity index (χ1) is 7.63. The van der Waals surface area contributed by atoms with Crippen LogP contribution in [0.25, 0.3) is 0 Å². The fourth-order valence-corrected chi connectivity index (χ4v) is 1.33. The number of rotatable bonds is 6. The number of hydrogen-bond donors (Lipinski definition) is 0. The molecule has 0 spiro atoms. The summed E-state index contributed by atoms with van der Waals surface area (Å²) in [5.41, 5.74) is 0. The predicted octanol–water partition coefficient (Wildman–Crippen LogP) is 3.08. The average Bonchev–Trinajstić information content (AvgIpc) is 2.25. The van der Waals surface area contributed by atoms with Crippen LogP contribution in [-0.2, 0) is 4.74 Å². The maximum absolute atomic E-state index is 12.0. The Morgan fingerprint density at radius 2 is 2.00 bits per heavy atom. The van der Waals surface area contributed by atoms with Crippen LogP contribution in [0, 0.1) is 0 Å². The number of methoxy groups -OCH3 is 1. The van der Waals surface area contributed by atoms with Crippen molar-refractivity contribution in [1.82, 2.24) is 0 Å². The highest BCUT2D eigenvalue weighted by atomic mass is 79.9. The van der Waals surface area contributed by atoms with Crippen LogP contribution in [0.1, 0.15) is 0 Å². The Bertz CT molecular complexity index is 334. The topological polar surface area (TPSA) is 27.7 Å². The van der Waals surface area contributed by atoms with Crippen LogP contribution in [0.2, 0.25) is 0 Å². The minimum Gasteiger partial charge on any atom is -0.484 e. The number of hydrogen-bond acceptors (Lipinski definition) is 3. The molecule has 1 rings (SSSR count). The summed E-state index contributed by atoms with van der Waals surface area (Å²) < 4.78 is 39.5. The summed E-state index contributed by atoms with van der Waals surface area (Å²) in [5, 5.41) is 0. The van der Waals surface area contributed by atoms with E-state index in [4.69, 9.17) is 14.2 Å². The van der Waals surface area contributed by atoms with Gasteiger partial charge in [0.05, 0.1) is 0 Å². The normalized spacial score (nSPS) is 10.6. The van der Waals surface area contributed by atoms with Crippen LogP contribution in [-0.4, -0.2) is 26.9 Å². The monoisotopic (exact) mass is 296 g/mol. The van der Waals surface area contributed by atoms with E-state index in [1.165, 1.54) is 7.11 Å². The number of ether oxygens (including phenoxy) is 3. The number of alkyl halides is 2. The summed E-state index contributed by atoms with van der Waals surface area (Å²) in [5.74, 6) is 0.623. The summed E-state index contributed by atoms with van der Waals surface area (Å²) in [4.78, 5) is 0. The van der Waals surface area contributed by atoms with Gasteiger partial charge in [0, 0.05) is 11.6 Å². The minimum atomic E-state index is -2.52. The van der Waals surface area contributed by atoms with Gasteiger partial charge >= 0.3 is 0 Å². The molecule has 90 valence electrons. The van der Waals surface area contributed by atoms with Gasteiger partial charge in [0.1, 0.15) is 6.61 Å². The van der Waals surface area contributed by atoms with E-state index >= 15 is 0 Å². The van der Waals surface area contributed by atoms with Crippen LogP contribution in [0.5, 0.6) is 11.5 Å². The van der Waals surface area contributed by atoms with Crippen LogP contribution >= 0.6 is 15.9 Å². The first-order valence-electron chi connectivity index (χ1n) is 4.45. The van der Waals surface area contributed by atoms with Gasteiger partial charge in [-0.3, -0.25) is 0 Å². The molecule has 0 saturated heterocycles. The summed E-state index contributed by atoms with van der Waals surface area (Å²) in [6.07, 6.45) is -2.52. The predicted molar refractivity (Wildman–Crippen MR) is 58.1 cm³/mol. The largest absolute Gasteiger partial charge is 0.484 e. The molecule has 0 aromatic heterocycles. The van der Waals surface area contributed by atoms with Gasteiger partial charge in [-0.05, 0) is 18.2 Å². The lowest BCUT2D eigenvalue weighted by Crippen LogP contribution is -2.08. The van der Waals surface area contributed by atoms with Crippen molar-refractivity contribution in [3.63, 3.8) is 0 Å². The lowest BCUT2D eigenvalue weighted by atomic mass is 10.3. The van der Waals surface area contributed by atoms with Gasteiger partial charge < -0.3 is 14.2 Å². The summed E-state index contributed by atoms with van der Waals surface area (Å²) in [7, 11) is 1.47. The number of benzene rings is 1. The van der Waals surface area contributed by atoms with E-state index in [9.17, 15) is 8.78 Å². The Morgan fingerprint density at radius 3 is 2.62 bits per heavy atom. The van der Waals surface area contributed by atoms with Crippen LogP contribution in [0.15, 0.2) is 22.7 Å². The molecule has 0 unspecified atom stereocenters. The van der Waals surface area contributed by atoms with E-state index in [2.05, 4.69) is 15.9 Å². The fourth-order valence-electron chi connectivity index (χ4n) is 0.989. The summed E-state index contributed by atoms with van der Waals surface area (Å²) >= 11 is 3.22. The third-order valence-electron chi connectivity index (χ3n) is 1.60. The van der Waals surface area contributed by atoms with E-state index < -0.39 is 13.0 Å². The zero-order chi connectivity index (χ0) is 12.0. The molecule has 0 radical (unpaired) electrons. The standard InChI is InChI=1S/C10H11BrF2O3/c1-14-6-16-8-3-2-7(11)4-9(8)15-5-10(12)13/h2-4,10H,5-6H2,1H3. The highest BCUT2D eigenvalue weighted by molar-refractivity contribution is 9.10. The van der Waals surface area contributed by atoms with Gasteiger partial charge in [-0.15, -0.1) is 0 Å². The molecule has 16 heavy (non-hydrogen) atoms. The minimum absolute atomic E-state index is 0.0344. The van der Waals surface area contributed by atoms with E-state index in [-0.39, 0.29) is 12.5 Å². The van der Waals surface area contributed by atoms with E-state index in [0.717, 1.165) is 4.47 Å². The average molecular weight is 297 g/mol. The van der Waals surface area contributed by atoms with Crippen LogP contribution in [0.4, 0.5) is 8.78 Å². The molecule has 0 heterocycles. The van der Waals surface area contributed by atoms with Gasteiger partial charge in [0.25, 0.3) is 6.43 Å². The highest BCUT2D eigenvalue weighted by Gasteiger charge is 2.09. The second kappa shape index (κ2) is 6.65. The Kier molecular flexibility index (Phi) is 5.48. The maximum Gasteiger partial charge on any atom is 0.272 e. The van der Waals surface area contributed by atoms with Crippen molar-refractivity contribution in [2.24, 2.45) is 0 Å². The molecule has 0 bridgehead atoms. The molecule has 0 amide bonds. The van der Waals surface area contributed by atoms with Crippen molar-refractivity contribution in [3.05, 3.63) is 22.7 Å². The first kappa shape index (κ1) is 13.2. The van der Waals surface area contributed by atoms with Gasteiger partial charge in [-0.2, -0.15) is 0 Å². The van der Waals surface area contributed by atoms with Crippen molar-refractivity contribution in [3.8, 4) is 11.5 Å². The fraction of sp³-hybridized carbons (Fsp3) is 0.400. The Morgan fingerprint density at radius 1 is 1.25 bits per heavy atom. The lowest BCUT2D eigenvalue weighted by Gasteiger charge is -2.12. The van der Waals surface area contributed by atoms with E-state index in [0.29, 0.717) is 5.75 Å². The second-order valence-electron chi connectivity index (χ2n) is 2.84. The summed E-state index contributed by atoms with van der Waals surface area (Å²) in [6.45, 7) is -0.632. The third kappa shape index (κ3) is 4.32. The second-order valence-corrected chi connectivity index (χ2v) is 3.76. The molecule has 0 aliphatic rings. The van der Waals surface area contributed by atoms with E-state index in [1.807, 2.05) is 0 Å². The van der Waals surface area contributed by atoms with Crippen molar-refractivity contribution in [2.45, 2.75) is 6.43 Å². The van der Waals surface area contributed by atoms with Crippen LogP contribution in [0.3, 0.4) is 0 Å². The molecule has 0 N–H and O–H groups in total. The van der Waals surface area contributed by atoms with Crippen molar-refractivity contribution >= 4 is 15.9 Å². The number of halogens is 3. The first-order valence-corrected chi connectivity index (χ1v) is 5.25. The SMILES string of the molecule is COCOc1ccc(Br)cc1OCC(F)F. The summed E-state index contributed by atoms with van der Waals surface area (Å²) in [6, 6.07) is 4.90. The quantitative estimate of drug-likeness (QED) is 0.755. The lowest BCUT2D eigenvalue weighted by molar-refractivity contribution is 0.0443. The molecule has 6 heteroatoms. The Labute approximate surface area is 100 Å². The van der Waals surface area contributed by atoms with Crippen molar-refractivity contribution < 1.29 is 23.0 Å². The molecule has 0 atom stereocenters.